The van der Waals surface area contributed by atoms with Crippen molar-refractivity contribution >= 4 is 17.1 Å². The van der Waals surface area contributed by atoms with Gasteiger partial charge in [0, 0.05) is 37.0 Å². The molecule has 148 valence electrons. The number of hydrogen-bond acceptors (Lipinski definition) is 6. The van der Waals surface area contributed by atoms with Crippen molar-refractivity contribution in [2.45, 2.75) is 33.2 Å². The maximum Gasteiger partial charge on any atom is 0.292 e. The first kappa shape index (κ1) is 18.4. The Morgan fingerprint density at radius 3 is 2.50 bits per heavy atom. The van der Waals surface area contributed by atoms with E-state index >= 15 is 0 Å². The van der Waals surface area contributed by atoms with Gasteiger partial charge in [0.05, 0.1) is 18.1 Å². The zero-order chi connectivity index (χ0) is 19.7. The van der Waals surface area contributed by atoms with E-state index in [2.05, 4.69) is 16.3 Å². The van der Waals surface area contributed by atoms with Gasteiger partial charge < -0.3 is 19.7 Å². The van der Waals surface area contributed by atoms with Crippen LogP contribution >= 0.6 is 0 Å². The molecule has 2 aliphatic heterocycles. The number of nitrogens with zero attached hydrogens (tertiary/aromatic N) is 2. The third kappa shape index (κ3) is 3.21. The van der Waals surface area contributed by atoms with Crippen LogP contribution in [0.5, 0.6) is 11.5 Å². The summed E-state index contributed by atoms with van der Waals surface area (Å²) in [7, 11) is 0. The molecule has 2 aromatic carbocycles. The summed E-state index contributed by atoms with van der Waals surface area (Å²) in [6.07, 6.45) is 1.62. The van der Waals surface area contributed by atoms with Crippen LogP contribution in [-0.2, 0) is 19.4 Å². The van der Waals surface area contributed by atoms with Crippen LogP contribution in [0.15, 0.2) is 24.3 Å². The smallest absolute Gasteiger partial charge is 0.292 e. The Balaban J connectivity index is 1.73. The number of nitro groups is 1. The molecule has 2 heterocycles. The summed E-state index contributed by atoms with van der Waals surface area (Å²) in [4.78, 5) is 13.6. The molecule has 2 aliphatic rings. The molecule has 0 bridgehead atoms. The highest BCUT2D eigenvalue weighted by molar-refractivity contribution is 5.78. The number of ether oxygens (including phenoxy) is 2. The Morgan fingerprint density at radius 2 is 1.82 bits per heavy atom. The second-order valence-corrected chi connectivity index (χ2v) is 7.00. The SMILES string of the molecule is CCOc1cc2c(cc1OCC)CN(c1c([N+](=O)[O-])ccc3c1CCN3)CC2. The van der Waals surface area contributed by atoms with E-state index in [-0.39, 0.29) is 10.6 Å². The third-order valence-electron chi connectivity index (χ3n) is 5.34. The summed E-state index contributed by atoms with van der Waals surface area (Å²) in [5, 5.41) is 15.0. The van der Waals surface area contributed by atoms with E-state index in [0.717, 1.165) is 59.9 Å². The van der Waals surface area contributed by atoms with Crippen LogP contribution in [0.2, 0.25) is 0 Å². The number of rotatable bonds is 6. The van der Waals surface area contributed by atoms with E-state index in [0.29, 0.717) is 19.8 Å². The molecule has 4 rings (SSSR count). The van der Waals surface area contributed by atoms with Crippen molar-refractivity contribution in [1.82, 2.24) is 0 Å². The highest BCUT2D eigenvalue weighted by atomic mass is 16.6. The fourth-order valence-corrected chi connectivity index (χ4v) is 4.16. The van der Waals surface area contributed by atoms with E-state index in [9.17, 15) is 10.1 Å². The minimum absolute atomic E-state index is 0.182. The molecule has 0 saturated heterocycles. The minimum Gasteiger partial charge on any atom is -0.490 e. The zero-order valence-corrected chi connectivity index (χ0v) is 16.3. The predicted molar refractivity (Wildman–Crippen MR) is 109 cm³/mol. The maximum absolute atomic E-state index is 11.7. The van der Waals surface area contributed by atoms with Gasteiger partial charge in [0.25, 0.3) is 5.69 Å². The van der Waals surface area contributed by atoms with Gasteiger partial charge in [0.2, 0.25) is 0 Å². The van der Waals surface area contributed by atoms with E-state index in [1.807, 2.05) is 26.0 Å². The molecule has 28 heavy (non-hydrogen) atoms. The Kier molecular flexibility index (Phi) is 4.98. The molecule has 0 aliphatic carbocycles. The van der Waals surface area contributed by atoms with Crippen LogP contribution in [-0.4, -0.2) is 31.2 Å². The minimum atomic E-state index is -0.271. The summed E-state index contributed by atoms with van der Waals surface area (Å²) < 4.78 is 11.5. The van der Waals surface area contributed by atoms with E-state index in [1.165, 1.54) is 5.56 Å². The number of nitro benzene ring substituents is 1. The van der Waals surface area contributed by atoms with Gasteiger partial charge in [-0.2, -0.15) is 0 Å². The molecule has 2 aromatic rings. The van der Waals surface area contributed by atoms with Crippen molar-refractivity contribution in [3.63, 3.8) is 0 Å². The van der Waals surface area contributed by atoms with Gasteiger partial charge >= 0.3 is 0 Å². The monoisotopic (exact) mass is 383 g/mol. The van der Waals surface area contributed by atoms with Crippen LogP contribution < -0.4 is 19.7 Å². The molecule has 0 aromatic heterocycles. The summed E-state index contributed by atoms with van der Waals surface area (Å²) >= 11 is 0. The van der Waals surface area contributed by atoms with Crippen molar-refractivity contribution in [2.75, 3.05) is 36.5 Å². The fourth-order valence-electron chi connectivity index (χ4n) is 4.16. The largest absolute Gasteiger partial charge is 0.490 e. The summed E-state index contributed by atoms with van der Waals surface area (Å²) in [5.74, 6) is 1.51. The molecule has 1 N–H and O–H groups in total. The van der Waals surface area contributed by atoms with Crippen LogP contribution in [0.4, 0.5) is 17.1 Å². The van der Waals surface area contributed by atoms with E-state index in [4.69, 9.17) is 9.47 Å². The first-order chi connectivity index (χ1) is 13.6. The molecule has 0 unspecified atom stereocenters. The first-order valence-electron chi connectivity index (χ1n) is 9.82. The number of benzene rings is 2. The highest BCUT2D eigenvalue weighted by Crippen LogP contribution is 2.42. The van der Waals surface area contributed by atoms with E-state index < -0.39 is 0 Å². The molecule has 0 amide bonds. The lowest BCUT2D eigenvalue weighted by atomic mass is 9.97. The lowest BCUT2D eigenvalue weighted by molar-refractivity contribution is -0.384. The molecule has 0 radical (unpaired) electrons. The van der Waals surface area contributed by atoms with E-state index in [1.54, 1.807) is 6.07 Å². The van der Waals surface area contributed by atoms with Gasteiger partial charge in [-0.05, 0) is 56.0 Å². The zero-order valence-electron chi connectivity index (χ0n) is 16.3. The molecular formula is C21H25N3O4. The Hall–Kier alpha value is -2.96. The quantitative estimate of drug-likeness (QED) is 0.602. The first-order valence-corrected chi connectivity index (χ1v) is 9.82. The Bertz CT molecular complexity index is 913. The van der Waals surface area contributed by atoms with Crippen molar-refractivity contribution in [3.05, 3.63) is 51.1 Å². The lowest BCUT2D eigenvalue weighted by Gasteiger charge is -2.32. The Morgan fingerprint density at radius 1 is 1.11 bits per heavy atom. The number of anilines is 2. The standard InChI is InChI=1S/C21H25N3O4/c1-3-27-19-11-14-8-10-23(13-15(14)12-20(19)28-4-2)21-16-7-9-22-17(16)5-6-18(21)24(25)26/h5-6,11-12,22H,3-4,7-10,13H2,1-2H3. The van der Waals surface area contributed by atoms with Gasteiger partial charge in [-0.15, -0.1) is 0 Å². The summed E-state index contributed by atoms with van der Waals surface area (Å²) in [6, 6.07) is 7.53. The van der Waals surface area contributed by atoms with Gasteiger partial charge in [0.1, 0.15) is 5.69 Å². The molecule has 7 heteroatoms. The maximum atomic E-state index is 11.7. The van der Waals surface area contributed by atoms with Gasteiger partial charge in [-0.1, -0.05) is 0 Å². The number of nitrogens with one attached hydrogen (secondary N) is 1. The van der Waals surface area contributed by atoms with Crippen LogP contribution in [0.25, 0.3) is 0 Å². The van der Waals surface area contributed by atoms with Gasteiger partial charge in [-0.3, -0.25) is 10.1 Å². The number of fused-ring (bicyclic) bond motifs is 2. The lowest BCUT2D eigenvalue weighted by Crippen LogP contribution is -2.31. The predicted octanol–water partition coefficient (Wildman–Crippen LogP) is 3.92. The number of hydrogen-bond donors (Lipinski definition) is 1. The van der Waals surface area contributed by atoms with Crippen molar-refractivity contribution < 1.29 is 14.4 Å². The van der Waals surface area contributed by atoms with Gasteiger partial charge in [0.15, 0.2) is 11.5 Å². The summed E-state index contributed by atoms with van der Waals surface area (Å²) in [5.41, 5.74) is 5.35. The second kappa shape index (κ2) is 7.58. The van der Waals surface area contributed by atoms with Crippen molar-refractivity contribution in [1.29, 1.82) is 0 Å². The molecule has 0 fully saturated rings. The van der Waals surface area contributed by atoms with Crippen LogP contribution in [0.3, 0.4) is 0 Å². The Labute approximate surface area is 164 Å². The van der Waals surface area contributed by atoms with Gasteiger partial charge in [-0.25, -0.2) is 0 Å². The normalized spacial score (nSPS) is 14.9. The average Bonchev–Trinajstić information content (AvgIpc) is 3.16. The molecule has 0 saturated carbocycles. The van der Waals surface area contributed by atoms with Crippen LogP contribution in [0, 0.1) is 10.1 Å². The molecule has 7 nitrogen and oxygen atoms in total. The topological polar surface area (TPSA) is 76.9 Å². The third-order valence-corrected chi connectivity index (χ3v) is 5.34. The van der Waals surface area contributed by atoms with Crippen molar-refractivity contribution in [2.24, 2.45) is 0 Å². The fraction of sp³-hybridized carbons (Fsp3) is 0.429. The highest BCUT2D eigenvalue weighted by Gasteiger charge is 2.30. The summed E-state index contributed by atoms with van der Waals surface area (Å²) in [6.45, 7) is 7.24. The van der Waals surface area contributed by atoms with Crippen LogP contribution in [0.1, 0.15) is 30.5 Å². The second-order valence-electron chi connectivity index (χ2n) is 7.00. The van der Waals surface area contributed by atoms with Crippen molar-refractivity contribution in [3.8, 4) is 11.5 Å². The average molecular weight is 383 g/mol. The molecule has 0 atom stereocenters. The molecule has 0 spiro atoms. The molecular weight excluding hydrogens is 358 g/mol.